The molecule has 1 atom stereocenters. The van der Waals surface area contributed by atoms with Crippen LogP contribution < -0.4 is 10.2 Å². The number of ether oxygens (including phenoxy) is 1. The lowest BCUT2D eigenvalue weighted by atomic mass is 9.90. The summed E-state index contributed by atoms with van der Waals surface area (Å²) in [7, 11) is 1.63. The normalized spacial score (nSPS) is 17.3. The maximum atomic E-state index is 12.4. The van der Waals surface area contributed by atoms with Crippen molar-refractivity contribution in [1.82, 2.24) is 5.43 Å². The Morgan fingerprint density at radius 2 is 2.21 bits per heavy atom. The van der Waals surface area contributed by atoms with Crippen molar-refractivity contribution in [2.24, 2.45) is 11.0 Å². The summed E-state index contributed by atoms with van der Waals surface area (Å²) in [5, 5.41) is 4.24. The molecule has 1 heterocycles. The van der Waals surface area contributed by atoms with Gasteiger partial charge in [0.25, 0.3) is 5.91 Å². The number of rotatable bonds is 4. The fraction of sp³-hybridized carbons (Fsp3) is 0.368. The summed E-state index contributed by atoms with van der Waals surface area (Å²) in [6.07, 6.45) is 3.37. The van der Waals surface area contributed by atoms with Gasteiger partial charge in [0.15, 0.2) is 0 Å². The SMILES string of the molecule is COc1cccc(/C(C)=N\NC(=O)c2cc3c(s2)CC[C@@H](C)C3)c1. The second-order valence-corrected chi connectivity index (χ2v) is 7.41. The van der Waals surface area contributed by atoms with Crippen molar-refractivity contribution in [2.45, 2.75) is 33.1 Å². The first kappa shape index (κ1) is 16.7. The molecule has 0 aliphatic heterocycles. The molecule has 0 saturated carbocycles. The molecule has 0 bridgehead atoms. The number of carbonyl (C=O) groups excluding carboxylic acids is 1. The minimum Gasteiger partial charge on any atom is -0.497 e. The average Bonchev–Trinajstić information content (AvgIpc) is 3.02. The van der Waals surface area contributed by atoms with Crippen molar-refractivity contribution in [2.75, 3.05) is 7.11 Å². The maximum Gasteiger partial charge on any atom is 0.281 e. The summed E-state index contributed by atoms with van der Waals surface area (Å²) >= 11 is 1.60. The lowest BCUT2D eigenvalue weighted by Gasteiger charge is -2.16. The van der Waals surface area contributed by atoms with Gasteiger partial charge in [0, 0.05) is 10.4 Å². The molecule has 1 aliphatic carbocycles. The number of nitrogens with one attached hydrogen (secondary N) is 1. The number of hydrazone groups is 1. The van der Waals surface area contributed by atoms with E-state index in [4.69, 9.17) is 4.74 Å². The van der Waals surface area contributed by atoms with Crippen molar-refractivity contribution in [3.8, 4) is 5.75 Å². The van der Waals surface area contributed by atoms with Crippen LogP contribution in [0.4, 0.5) is 0 Å². The summed E-state index contributed by atoms with van der Waals surface area (Å²) in [4.78, 5) is 14.5. The molecule has 0 spiro atoms. The van der Waals surface area contributed by atoms with Gasteiger partial charge in [0.05, 0.1) is 17.7 Å². The number of fused-ring (bicyclic) bond motifs is 1. The Labute approximate surface area is 146 Å². The van der Waals surface area contributed by atoms with Crippen LogP contribution in [0.5, 0.6) is 5.75 Å². The van der Waals surface area contributed by atoms with Crippen LogP contribution in [0.3, 0.4) is 0 Å². The average molecular weight is 342 g/mol. The van der Waals surface area contributed by atoms with Crippen molar-refractivity contribution in [3.63, 3.8) is 0 Å². The number of amides is 1. The van der Waals surface area contributed by atoms with Gasteiger partial charge in [0.2, 0.25) is 0 Å². The highest BCUT2D eigenvalue weighted by Crippen LogP contribution is 2.32. The van der Waals surface area contributed by atoms with Crippen LogP contribution in [-0.2, 0) is 12.8 Å². The molecule has 1 amide bonds. The number of nitrogens with zero attached hydrogens (tertiary/aromatic N) is 1. The van der Waals surface area contributed by atoms with Crippen LogP contribution in [0, 0.1) is 5.92 Å². The Bertz CT molecular complexity index is 779. The van der Waals surface area contributed by atoms with Gasteiger partial charge in [-0.15, -0.1) is 11.3 Å². The molecule has 0 saturated heterocycles. The molecule has 0 fully saturated rings. The van der Waals surface area contributed by atoms with Crippen LogP contribution in [0.2, 0.25) is 0 Å². The molecule has 24 heavy (non-hydrogen) atoms. The van der Waals surface area contributed by atoms with E-state index in [0.29, 0.717) is 5.92 Å². The lowest BCUT2D eigenvalue weighted by molar-refractivity contribution is 0.0959. The van der Waals surface area contributed by atoms with E-state index in [0.717, 1.165) is 34.7 Å². The predicted octanol–water partition coefficient (Wildman–Crippen LogP) is 4.04. The number of hydrogen-bond donors (Lipinski definition) is 1. The van der Waals surface area contributed by atoms with Gasteiger partial charge in [0.1, 0.15) is 5.75 Å². The highest BCUT2D eigenvalue weighted by Gasteiger charge is 2.20. The number of thiophene rings is 1. The highest BCUT2D eigenvalue weighted by molar-refractivity contribution is 7.14. The number of hydrogen-bond acceptors (Lipinski definition) is 4. The summed E-state index contributed by atoms with van der Waals surface area (Å²) in [5.41, 5.74) is 5.68. The van der Waals surface area contributed by atoms with E-state index >= 15 is 0 Å². The zero-order valence-electron chi connectivity index (χ0n) is 14.3. The van der Waals surface area contributed by atoms with E-state index in [1.165, 1.54) is 16.9 Å². The van der Waals surface area contributed by atoms with Crippen molar-refractivity contribution in [1.29, 1.82) is 0 Å². The Kier molecular flexibility index (Phi) is 5.00. The largest absolute Gasteiger partial charge is 0.497 e. The van der Waals surface area contributed by atoms with E-state index in [-0.39, 0.29) is 5.91 Å². The zero-order chi connectivity index (χ0) is 17.1. The fourth-order valence-corrected chi connectivity index (χ4v) is 4.02. The van der Waals surface area contributed by atoms with Crippen molar-refractivity contribution >= 4 is 23.0 Å². The molecule has 126 valence electrons. The van der Waals surface area contributed by atoms with Gasteiger partial charge < -0.3 is 4.74 Å². The quantitative estimate of drug-likeness (QED) is 0.673. The first-order valence-electron chi connectivity index (χ1n) is 8.17. The minimum atomic E-state index is -0.135. The molecule has 1 aromatic heterocycles. The fourth-order valence-electron chi connectivity index (χ4n) is 2.92. The van der Waals surface area contributed by atoms with Gasteiger partial charge >= 0.3 is 0 Å². The molecule has 2 aromatic rings. The summed E-state index contributed by atoms with van der Waals surface area (Å²) in [6.45, 7) is 4.14. The molecule has 0 unspecified atom stereocenters. The first-order chi connectivity index (χ1) is 11.6. The van der Waals surface area contributed by atoms with Crippen LogP contribution >= 0.6 is 11.3 Å². The molecule has 1 aliphatic rings. The van der Waals surface area contributed by atoms with Crippen LogP contribution in [0.1, 0.15) is 45.9 Å². The summed E-state index contributed by atoms with van der Waals surface area (Å²) in [6, 6.07) is 9.66. The smallest absolute Gasteiger partial charge is 0.281 e. The van der Waals surface area contributed by atoms with Crippen molar-refractivity contribution < 1.29 is 9.53 Å². The topological polar surface area (TPSA) is 50.7 Å². The zero-order valence-corrected chi connectivity index (χ0v) is 15.1. The van der Waals surface area contributed by atoms with Gasteiger partial charge in [-0.2, -0.15) is 5.10 Å². The highest BCUT2D eigenvalue weighted by atomic mass is 32.1. The Balaban J connectivity index is 1.70. The monoisotopic (exact) mass is 342 g/mol. The number of aryl methyl sites for hydroxylation is 1. The second kappa shape index (κ2) is 7.18. The summed E-state index contributed by atoms with van der Waals surface area (Å²) < 4.78 is 5.21. The minimum absolute atomic E-state index is 0.135. The van der Waals surface area contributed by atoms with Gasteiger partial charge in [-0.3, -0.25) is 4.79 Å². The molecule has 5 heteroatoms. The van der Waals surface area contributed by atoms with Crippen LogP contribution in [0.25, 0.3) is 0 Å². The van der Waals surface area contributed by atoms with Gasteiger partial charge in [-0.1, -0.05) is 19.1 Å². The van der Waals surface area contributed by atoms with Crippen LogP contribution in [-0.4, -0.2) is 18.7 Å². The lowest BCUT2D eigenvalue weighted by Crippen LogP contribution is -2.18. The van der Waals surface area contributed by atoms with E-state index in [1.807, 2.05) is 37.3 Å². The first-order valence-corrected chi connectivity index (χ1v) is 8.99. The van der Waals surface area contributed by atoms with Gasteiger partial charge in [-0.05, 0) is 55.9 Å². The Hall–Kier alpha value is -2.14. The number of methoxy groups -OCH3 is 1. The molecule has 3 rings (SSSR count). The number of benzene rings is 1. The third-order valence-corrected chi connectivity index (χ3v) is 5.60. The van der Waals surface area contributed by atoms with Gasteiger partial charge in [-0.25, -0.2) is 5.43 Å². The van der Waals surface area contributed by atoms with Crippen molar-refractivity contribution in [3.05, 3.63) is 51.2 Å². The van der Waals surface area contributed by atoms with Crippen LogP contribution in [0.15, 0.2) is 35.4 Å². The molecular weight excluding hydrogens is 320 g/mol. The molecule has 1 aromatic carbocycles. The number of carbonyl (C=O) groups is 1. The molecule has 0 radical (unpaired) electrons. The van der Waals surface area contributed by atoms with E-state index in [2.05, 4.69) is 17.5 Å². The molecular formula is C19H22N2O2S. The Morgan fingerprint density at radius 1 is 1.38 bits per heavy atom. The standard InChI is InChI=1S/C19H22N2O2S/c1-12-7-8-17-15(9-12)11-18(24-17)19(22)21-20-13(2)14-5-4-6-16(10-14)23-3/h4-6,10-12H,7-9H2,1-3H3,(H,21,22)/b20-13-/t12-/m1/s1. The third-order valence-electron chi connectivity index (χ3n) is 4.37. The predicted molar refractivity (Wildman–Crippen MR) is 98.2 cm³/mol. The maximum absolute atomic E-state index is 12.4. The van der Waals surface area contributed by atoms with E-state index in [1.54, 1.807) is 18.4 Å². The molecule has 4 nitrogen and oxygen atoms in total. The van der Waals surface area contributed by atoms with E-state index in [9.17, 15) is 4.79 Å². The van der Waals surface area contributed by atoms with E-state index < -0.39 is 0 Å². The second-order valence-electron chi connectivity index (χ2n) is 6.28. The Morgan fingerprint density at radius 3 is 3.00 bits per heavy atom. The summed E-state index contributed by atoms with van der Waals surface area (Å²) in [5.74, 6) is 1.34. The molecule has 1 N–H and O–H groups in total. The third kappa shape index (κ3) is 3.67.